The molecule has 1 aromatic heterocycles. The molecule has 0 saturated heterocycles. The van der Waals surface area contributed by atoms with Crippen molar-refractivity contribution in [3.8, 4) is 5.69 Å². The topological polar surface area (TPSA) is 55.1 Å². The number of carboxylic acid groups (broad SMARTS) is 1. The standard InChI is InChI=1S/C13H13BrN2O2/c1-9-2-4-10(5-3-9)16-8-11(14)12(15-16)6-7-13(17)18/h2-5,8H,6-7H2,1H3,(H,17,18). The summed E-state index contributed by atoms with van der Waals surface area (Å²) in [7, 11) is 0. The van der Waals surface area contributed by atoms with Crippen molar-refractivity contribution in [2.75, 3.05) is 0 Å². The third-order valence-corrected chi connectivity index (χ3v) is 3.28. The fourth-order valence-corrected chi connectivity index (χ4v) is 2.08. The number of benzene rings is 1. The van der Waals surface area contributed by atoms with Crippen LogP contribution in [0.3, 0.4) is 0 Å². The smallest absolute Gasteiger partial charge is 0.303 e. The van der Waals surface area contributed by atoms with Crippen LogP contribution in [0.5, 0.6) is 0 Å². The second kappa shape index (κ2) is 5.35. The van der Waals surface area contributed by atoms with Crippen molar-refractivity contribution in [2.45, 2.75) is 19.8 Å². The number of aryl methyl sites for hydroxylation is 2. The summed E-state index contributed by atoms with van der Waals surface area (Å²) >= 11 is 3.40. The van der Waals surface area contributed by atoms with Gasteiger partial charge in [0.05, 0.1) is 22.3 Å². The van der Waals surface area contributed by atoms with Gasteiger partial charge in [-0.15, -0.1) is 0 Å². The van der Waals surface area contributed by atoms with Gasteiger partial charge in [-0.2, -0.15) is 5.10 Å². The summed E-state index contributed by atoms with van der Waals surface area (Å²) in [5, 5.41) is 13.1. The minimum absolute atomic E-state index is 0.0868. The quantitative estimate of drug-likeness (QED) is 0.944. The Labute approximate surface area is 113 Å². The molecule has 1 aromatic carbocycles. The molecule has 94 valence electrons. The van der Waals surface area contributed by atoms with Crippen LogP contribution in [0, 0.1) is 6.92 Å². The van der Waals surface area contributed by atoms with E-state index in [1.807, 2.05) is 37.4 Å². The molecule has 1 N–H and O–H groups in total. The average molecular weight is 309 g/mol. The Morgan fingerprint density at radius 2 is 2.06 bits per heavy atom. The van der Waals surface area contributed by atoms with Crippen LogP contribution in [-0.2, 0) is 11.2 Å². The molecular weight excluding hydrogens is 296 g/mol. The van der Waals surface area contributed by atoms with Gasteiger partial charge in [0.15, 0.2) is 0 Å². The van der Waals surface area contributed by atoms with Crippen LogP contribution in [0.4, 0.5) is 0 Å². The maximum Gasteiger partial charge on any atom is 0.303 e. The molecule has 0 aliphatic carbocycles. The number of nitrogens with zero attached hydrogens (tertiary/aromatic N) is 2. The maximum atomic E-state index is 10.5. The van der Waals surface area contributed by atoms with Gasteiger partial charge in [-0.05, 0) is 35.0 Å². The molecule has 2 rings (SSSR count). The van der Waals surface area contributed by atoms with Crippen LogP contribution in [-0.4, -0.2) is 20.9 Å². The molecule has 0 radical (unpaired) electrons. The number of hydrogen-bond donors (Lipinski definition) is 1. The van der Waals surface area contributed by atoms with E-state index in [-0.39, 0.29) is 6.42 Å². The normalized spacial score (nSPS) is 10.6. The van der Waals surface area contributed by atoms with Crippen LogP contribution >= 0.6 is 15.9 Å². The first kappa shape index (κ1) is 12.8. The number of aromatic nitrogens is 2. The molecule has 2 aromatic rings. The molecule has 0 aliphatic heterocycles. The monoisotopic (exact) mass is 308 g/mol. The zero-order chi connectivity index (χ0) is 13.1. The SMILES string of the molecule is Cc1ccc(-n2cc(Br)c(CCC(=O)O)n2)cc1. The molecule has 0 unspecified atom stereocenters. The summed E-state index contributed by atoms with van der Waals surface area (Å²) in [5.41, 5.74) is 2.91. The van der Waals surface area contributed by atoms with Crippen LogP contribution < -0.4 is 0 Å². The summed E-state index contributed by atoms with van der Waals surface area (Å²) in [6.45, 7) is 2.03. The van der Waals surface area contributed by atoms with E-state index < -0.39 is 5.97 Å². The molecule has 18 heavy (non-hydrogen) atoms. The summed E-state index contributed by atoms with van der Waals surface area (Å²) < 4.78 is 2.59. The summed E-state index contributed by atoms with van der Waals surface area (Å²) in [6, 6.07) is 8.00. The van der Waals surface area contributed by atoms with Crippen molar-refractivity contribution in [3.05, 3.63) is 46.2 Å². The Morgan fingerprint density at radius 3 is 2.67 bits per heavy atom. The summed E-state index contributed by atoms with van der Waals surface area (Å²) in [5.74, 6) is -0.813. The Morgan fingerprint density at radius 1 is 1.39 bits per heavy atom. The number of aliphatic carboxylic acids is 1. The average Bonchev–Trinajstić information content (AvgIpc) is 2.69. The van der Waals surface area contributed by atoms with Gasteiger partial charge in [-0.1, -0.05) is 17.7 Å². The first-order chi connectivity index (χ1) is 8.56. The minimum atomic E-state index is -0.813. The number of rotatable bonds is 4. The third-order valence-electron chi connectivity index (χ3n) is 2.61. The molecule has 0 bridgehead atoms. The summed E-state index contributed by atoms with van der Waals surface area (Å²) in [6.07, 6.45) is 2.36. The zero-order valence-electron chi connectivity index (χ0n) is 9.93. The second-order valence-electron chi connectivity index (χ2n) is 4.10. The van der Waals surface area contributed by atoms with Crippen LogP contribution in [0.1, 0.15) is 17.7 Å². The van der Waals surface area contributed by atoms with E-state index in [1.54, 1.807) is 4.68 Å². The van der Waals surface area contributed by atoms with Crippen molar-refractivity contribution < 1.29 is 9.90 Å². The van der Waals surface area contributed by atoms with Gasteiger partial charge in [0.1, 0.15) is 0 Å². The first-order valence-corrected chi connectivity index (χ1v) is 6.38. The second-order valence-corrected chi connectivity index (χ2v) is 4.95. The fourth-order valence-electron chi connectivity index (χ4n) is 1.61. The van der Waals surface area contributed by atoms with Gasteiger partial charge < -0.3 is 5.11 Å². The largest absolute Gasteiger partial charge is 0.481 e. The van der Waals surface area contributed by atoms with E-state index in [2.05, 4.69) is 21.0 Å². The predicted octanol–water partition coefficient (Wildman–Crippen LogP) is 2.96. The Kier molecular flexibility index (Phi) is 3.81. The predicted molar refractivity (Wildman–Crippen MR) is 72.0 cm³/mol. The zero-order valence-corrected chi connectivity index (χ0v) is 11.5. The maximum absolute atomic E-state index is 10.5. The molecule has 0 saturated carbocycles. The Hall–Kier alpha value is -1.62. The third kappa shape index (κ3) is 2.98. The molecule has 0 spiro atoms. The number of hydrogen-bond acceptors (Lipinski definition) is 2. The number of halogens is 1. The highest BCUT2D eigenvalue weighted by Gasteiger charge is 2.09. The van der Waals surface area contributed by atoms with E-state index in [9.17, 15) is 4.79 Å². The lowest BCUT2D eigenvalue weighted by molar-refractivity contribution is -0.136. The van der Waals surface area contributed by atoms with E-state index in [1.165, 1.54) is 5.56 Å². The molecule has 5 heteroatoms. The Balaban J connectivity index is 2.22. The van der Waals surface area contributed by atoms with Crippen molar-refractivity contribution in [3.63, 3.8) is 0 Å². The molecule has 0 atom stereocenters. The van der Waals surface area contributed by atoms with E-state index in [0.29, 0.717) is 6.42 Å². The first-order valence-electron chi connectivity index (χ1n) is 5.59. The van der Waals surface area contributed by atoms with Crippen molar-refractivity contribution in [1.82, 2.24) is 9.78 Å². The molecule has 0 amide bonds. The van der Waals surface area contributed by atoms with Gasteiger partial charge in [0, 0.05) is 12.6 Å². The van der Waals surface area contributed by atoms with Gasteiger partial charge >= 0.3 is 5.97 Å². The van der Waals surface area contributed by atoms with Gasteiger partial charge in [-0.25, -0.2) is 4.68 Å². The Bertz CT molecular complexity index is 561. The van der Waals surface area contributed by atoms with Crippen molar-refractivity contribution in [1.29, 1.82) is 0 Å². The van der Waals surface area contributed by atoms with Crippen molar-refractivity contribution >= 4 is 21.9 Å². The number of carboxylic acids is 1. The van der Waals surface area contributed by atoms with Crippen LogP contribution in [0.25, 0.3) is 5.69 Å². The number of carbonyl (C=O) groups is 1. The van der Waals surface area contributed by atoms with Gasteiger partial charge in [0.25, 0.3) is 0 Å². The fraction of sp³-hybridized carbons (Fsp3) is 0.231. The van der Waals surface area contributed by atoms with E-state index in [0.717, 1.165) is 15.9 Å². The van der Waals surface area contributed by atoms with Crippen molar-refractivity contribution in [2.24, 2.45) is 0 Å². The minimum Gasteiger partial charge on any atom is -0.481 e. The highest BCUT2D eigenvalue weighted by Crippen LogP contribution is 2.19. The lowest BCUT2D eigenvalue weighted by atomic mass is 10.2. The highest BCUT2D eigenvalue weighted by molar-refractivity contribution is 9.10. The molecular formula is C13H13BrN2O2. The van der Waals surface area contributed by atoms with Gasteiger partial charge in [0.2, 0.25) is 0 Å². The lowest BCUT2D eigenvalue weighted by Crippen LogP contribution is -2.00. The van der Waals surface area contributed by atoms with Crippen LogP contribution in [0.15, 0.2) is 34.9 Å². The molecule has 0 fully saturated rings. The van der Waals surface area contributed by atoms with E-state index >= 15 is 0 Å². The highest BCUT2D eigenvalue weighted by atomic mass is 79.9. The van der Waals surface area contributed by atoms with Crippen LogP contribution in [0.2, 0.25) is 0 Å². The molecule has 4 nitrogen and oxygen atoms in total. The lowest BCUT2D eigenvalue weighted by Gasteiger charge is -2.01. The molecule has 0 aliphatic rings. The summed E-state index contributed by atoms with van der Waals surface area (Å²) in [4.78, 5) is 10.5. The van der Waals surface area contributed by atoms with E-state index in [4.69, 9.17) is 5.11 Å². The molecule has 1 heterocycles. The van der Waals surface area contributed by atoms with Gasteiger partial charge in [-0.3, -0.25) is 4.79 Å².